The molecule has 0 N–H and O–H groups in total. The van der Waals surface area contributed by atoms with Gasteiger partial charge in [-0.1, -0.05) is 54.0 Å². The monoisotopic (exact) mass is 277 g/mol. The van der Waals surface area contributed by atoms with Crippen molar-refractivity contribution in [3.05, 3.63) is 42.1 Å². The van der Waals surface area contributed by atoms with E-state index in [0.29, 0.717) is 0 Å². The number of hydrogen-bond donors (Lipinski definition) is 0. The van der Waals surface area contributed by atoms with Crippen LogP contribution >= 0.6 is 15.9 Å². The Balaban J connectivity index is 2.60. The quantitative estimate of drug-likeness (QED) is 0.763. The highest BCUT2D eigenvalue weighted by molar-refractivity contribution is 9.09. The molecule has 1 nitrogen and oxygen atoms in total. The molecule has 0 radical (unpaired) electrons. The van der Waals surface area contributed by atoms with Gasteiger partial charge in [0.05, 0.1) is 5.52 Å². The van der Waals surface area contributed by atoms with E-state index in [9.17, 15) is 0 Å². The number of rotatable bonds is 3. The van der Waals surface area contributed by atoms with Gasteiger partial charge in [0, 0.05) is 16.9 Å². The molecule has 0 atom stereocenters. The Morgan fingerprint density at radius 1 is 1.19 bits per heavy atom. The lowest BCUT2D eigenvalue weighted by molar-refractivity contribution is 0.516. The number of nitrogens with zero attached hydrogens (tertiary/aromatic N) is 1. The van der Waals surface area contributed by atoms with E-state index >= 15 is 0 Å². The first kappa shape index (κ1) is 11.6. The van der Waals surface area contributed by atoms with E-state index in [2.05, 4.69) is 59.0 Å². The number of aromatic nitrogens is 1. The molecule has 2 rings (SSSR count). The van der Waals surface area contributed by atoms with Crippen molar-refractivity contribution in [1.82, 2.24) is 4.98 Å². The first-order chi connectivity index (χ1) is 7.65. The Bertz CT molecular complexity index is 486. The standard InChI is InChI=1S/C14H16BrN/c1-14(2,8-9-15)12-7-3-5-11-6-4-10-16-13(11)12/h3-7,10H,8-9H2,1-2H3. The van der Waals surface area contributed by atoms with Crippen LogP contribution in [0.5, 0.6) is 0 Å². The van der Waals surface area contributed by atoms with Crippen molar-refractivity contribution in [1.29, 1.82) is 0 Å². The van der Waals surface area contributed by atoms with Crippen molar-refractivity contribution >= 4 is 26.8 Å². The molecular weight excluding hydrogens is 262 g/mol. The van der Waals surface area contributed by atoms with Gasteiger partial charge < -0.3 is 0 Å². The summed E-state index contributed by atoms with van der Waals surface area (Å²) in [4.78, 5) is 4.51. The molecule has 1 aromatic heterocycles. The van der Waals surface area contributed by atoms with Crippen LogP contribution in [0.15, 0.2) is 36.5 Å². The second kappa shape index (κ2) is 4.54. The van der Waals surface area contributed by atoms with Crippen LogP contribution in [0.3, 0.4) is 0 Å². The van der Waals surface area contributed by atoms with E-state index in [1.807, 2.05) is 12.3 Å². The summed E-state index contributed by atoms with van der Waals surface area (Å²) in [7, 11) is 0. The zero-order chi connectivity index (χ0) is 11.6. The van der Waals surface area contributed by atoms with Gasteiger partial charge in [-0.15, -0.1) is 0 Å². The van der Waals surface area contributed by atoms with E-state index in [1.54, 1.807) is 0 Å². The minimum Gasteiger partial charge on any atom is -0.256 e. The smallest absolute Gasteiger partial charge is 0.0739 e. The van der Waals surface area contributed by atoms with Crippen molar-refractivity contribution in [2.24, 2.45) is 0 Å². The van der Waals surface area contributed by atoms with Crippen LogP contribution in [0.2, 0.25) is 0 Å². The minimum atomic E-state index is 0.164. The normalized spacial score (nSPS) is 11.9. The third-order valence-electron chi connectivity index (χ3n) is 3.08. The van der Waals surface area contributed by atoms with Gasteiger partial charge in [-0.2, -0.15) is 0 Å². The van der Waals surface area contributed by atoms with Crippen molar-refractivity contribution in [3.63, 3.8) is 0 Å². The third kappa shape index (κ3) is 2.12. The number of benzene rings is 1. The first-order valence-electron chi connectivity index (χ1n) is 5.55. The molecule has 1 heterocycles. The molecule has 1 aromatic carbocycles. The fraction of sp³-hybridized carbons (Fsp3) is 0.357. The molecule has 2 aromatic rings. The number of fused-ring (bicyclic) bond motifs is 1. The van der Waals surface area contributed by atoms with Crippen LogP contribution in [0.25, 0.3) is 10.9 Å². The second-order valence-corrected chi connectivity index (χ2v) is 5.50. The number of para-hydroxylation sites is 1. The molecule has 16 heavy (non-hydrogen) atoms. The van der Waals surface area contributed by atoms with E-state index in [-0.39, 0.29) is 5.41 Å². The Hall–Kier alpha value is -0.890. The lowest BCUT2D eigenvalue weighted by Gasteiger charge is -2.25. The Labute approximate surface area is 105 Å². The van der Waals surface area contributed by atoms with Gasteiger partial charge in [-0.25, -0.2) is 0 Å². The average molecular weight is 278 g/mol. The number of halogens is 1. The van der Waals surface area contributed by atoms with Gasteiger partial charge >= 0.3 is 0 Å². The van der Waals surface area contributed by atoms with Crippen LogP contribution in [0, 0.1) is 0 Å². The highest BCUT2D eigenvalue weighted by Gasteiger charge is 2.22. The molecule has 0 aliphatic rings. The van der Waals surface area contributed by atoms with Crippen molar-refractivity contribution in [2.45, 2.75) is 25.7 Å². The van der Waals surface area contributed by atoms with Crippen LogP contribution < -0.4 is 0 Å². The largest absolute Gasteiger partial charge is 0.256 e. The summed E-state index contributed by atoms with van der Waals surface area (Å²) in [6, 6.07) is 10.5. The lowest BCUT2D eigenvalue weighted by atomic mass is 9.81. The Morgan fingerprint density at radius 3 is 2.69 bits per heavy atom. The SMILES string of the molecule is CC(C)(CCBr)c1cccc2cccnc12. The van der Waals surface area contributed by atoms with Gasteiger partial charge in [0.1, 0.15) is 0 Å². The third-order valence-corrected chi connectivity index (χ3v) is 3.48. The van der Waals surface area contributed by atoms with E-state index in [0.717, 1.165) is 17.3 Å². The van der Waals surface area contributed by atoms with Gasteiger partial charge in [-0.3, -0.25) is 4.98 Å². The lowest BCUT2D eigenvalue weighted by Crippen LogP contribution is -2.18. The highest BCUT2D eigenvalue weighted by Crippen LogP contribution is 2.32. The summed E-state index contributed by atoms with van der Waals surface area (Å²) >= 11 is 3.53. The maximum Gasteiger partial charge on any atom is 0.0739 e. The molecule has 0 amide bonds. The summed E-state index contributed by atoms with van der Waals surface area (Å²) < 4.78 is 0. The molecule has 0 saturated heterocycles. The summed E-state index contributed by atoms with van der Waals surface area (Å²) in [5.41, 5.74) is 2.64. The molecule has 84 valence electrons. The zero-order valence-corrected chi connectivity index (χ0v) is 11.3. The summed E-state index contributed by atoms with van der Waals surface area (Å²) in [6.45, 7) is 4.55. The summed E-state index contributed by atoms with van der Waals surface area (Å²) in [6.07, 6.45) is 2.98. The molecule has 2 heteroatoms. The topological polar surface area (TPSA) is 12.9 Å². The van der Waals surface area contributed by atoms with Gasteiger partial charge in [0.15, 0.2) is 0 Å². The van der Waals surface area contributed by atoms with E-state index < -0.39 is 0 Å². The molecular formula is C14H16BrN. The number of pyridine rings is 1. The van der Waals surface area contributed by atoms with Crippen LogP contribution in [0.4, 0.5) is 0 Å². The van der Waals surface area contributed by atoms with Crippen molar-refractivity contribution in [2.75, 3.05) is 5.33 Å². The summed E-state index contributed by atoms with van der Waals surface area (Å²) in [5.74, 6) is 0. The predicted octanol–water partition coefficient (Wildman–Crippen LogP) is 4.30. The Morgan fingerprint density at radius 2 is 1.94 bits per heavy atom. The van der Waals surface area contributed by atoms with E-state index in [4.69, 9.17) is 0 Å². The number of alkyl halides is 1. The van der Waals surface area contributed by atoms with Crippen LogP contribution in [-0.2, 0) is 5.41 Å². The number of hydrogen-bond acceptors (Lipinski definition) is 1. The second-order valence-electron chi connectivity index (χ2n) is 4.70. The Kier molecular flexibility index (Phi) is 3.29. The van der Waals surface area contributed by atoms with Gasteiger partial charge in [-0.05, 0) is 23.5 Å². The minimum absolute atomic E-state index is 0.164. The molecule has 0 aliphatic heterocycles. The van der Waals surface area contributed by atoms with Crippen LogP contribution in [-0.4, -0.2) is 10.3 Å². The average Bonchev–Trinajstić information content (AvgIpc) is 2.28. The maximum absolute atomic E-state index is 4.51. The molecule has 0 saturated carbocycles. The van der Waals surface area contributed by atoms with Crippen molar-refractivity contribution in [3.8, 4) is 0 Å². The summed E-state index contributed by atoms with van der Waals surface area (Å²) in [5, 5.41) is 2.24. The highest BCUT2D eigenvalue weighted by atomic mass is 79.9. The fourth-order valence-electron chi connectivity index (χ4n) is 2.02. The maximum atomic E-state index is 4.51. The zero-order valence-electron chi connectivity index (χ0n) is 9.70. The molecule has 0 bridgehead atoms. The van der Waals surface area contributed by atoms with Crippen molar-refractivity contribution < 1.29 is 0 Å². The van der Waals surface area contributed by atoms with Crippen LogP contribution in [0.1, 0.15) is 25.8 Å². The molecule has 0 spiro atoms. The van der Waals surface area contributed by atoms with E-state index in [1.165, 1.54) is 10.9 Å². The first-order valence-corrected chi connectivity index (χ1v) is 6.67. The predicted molar refractivity (Wildman–Crippen MR) is 73.2 cm³/mol. The van der Waals surface area contributed by atoms with Gasteiger partial charge in [0.2, 0.25) is 0 Å². The molecule has 0 unspecified atom stereocenters. The fourth-order valence-corrected chi connectivity index (χ4v) is 3.01. The van der Waals surface area contributed by atoms with Gasteiger partial charge in [0.25, 0.3) is 0 Å². The molecule has 0 aliphatic carbocycles. The molecule has 0 fully saturated rings.